The highest BCUT2D eigenvalue weighted by atomic mass is 35.5. The van der Waals surface area contributed by atoms with E-state index in [4.69, 9.17) is 32.9 Å². The van der Waals surface area contributed by atoms with Gasteiger partial charge in [-0.15, -0.1) is 0 Å². The number of hydrogen-bond acceptors (Lipinski definition) is 7. The number of likely N-dealkylation sites (N-methyl/N-ethyl adjacent to an activating group) is 2. The van der Waals surface area contributed by atoms with Gasteiger partial charge in [0, 0.05) is 55.1 Å². The summed E-state index contributed by atoms with van der Waals surface area (Å²) in [6.07, 6.45) is -0.711. The second kappa shape index (κ2) is 15.4. The lowest BCUT2D eigenvalue weighted by Gasteiger charge is -2.23. The Balaban J connectivity index is 1.65. The van der Waals surface area contributed by atoms with Gasteiger partial charge in [-0.1, -0.05) is 55.2 Å². The maximum Gasteiger partial charge on any atom is 0.420 e. The van der Waals surface area contributed by atoms with Gasteiger partial charge in [-0.3, -0.25) is 9.69 Å². The van der Waals surface area contributed by atoms with Crippen molar-refractivity contribution in [1.29, 1.82) is 0 Å². The van der Waals surface area contributed by atoms with Crippen LogP contribution in [-0.2, 0) is 0 Å². The topological polar surface area (TPSA) is 90.9 Å². The molecule has 0 aliphatic carbocycles. The molecule has 0 fully saturated rings. The van der Waals surface area contributed by atoms with Gasteiger partial charge in [-0.25, -0.2) is 9.78 Å². The summed E-state index contributed by atoms with van der Waals surface area (Å²) in [6.45, 7) is 13.6. The van der Waals surface area contributed by atoms with E-state index in [1.807, 2.05) is 25.1 Å². The molecule has 0 aliphatic heterocycles. The van der Waals surface area contributed by atoms with E-state index < -0.39 is 6.09 Å². The van der Waals surface area contributed by atoms with Crippen LogP contribution in [0.25, 0.3) is 11.3 Å². The minimum Gasteiger partial charge on any atom is -0.391 e. The Kier molecular flexibility index (Phi) is 11.6. The molecule has 0 saturated carbocycles. The lowest BCUT2D eigenvalue weighted by atomic mass is 9.97. The van der Waals surface area contributed by atoms with Crippen molar-refractivity contribution in [3.8, 4) is 17.1 Å². The summed E-state index contributed by atoms with van der Waals surface area (Å²) in [6, 6.07) is 17.6. The number of amides is 2. The molecule has 0 bridgehead atoms. The molecule has 0 saturated heterocycles. The van der Waals surface area contributed by atoms with Crippen molar-refractivity contribution >= 4 is 52.5 Å². The number of carbonyl (C=O) groups is 2. The van der Waals surface area contributed by atoms with E-state index in [-0.39, 0.29) is 17.7 Å². The predicted molar refractivity (Wildman–Crippen MR) is 187 cm³/mol. The van der Waals surface area contributed by atoms with Crippen molar-refractivity contribution in [3.63, 3.8) is 0 Å². The lowest BCUT2D eigenvalue weighted by Crippen LogP contribution is -2.36. The van der Waals surface area contributed by atoms with Gasteiger partial charge in [-0.2, -0.15) is 4.98 Å². The van der Waals surface area contributed by atoms with Crippen LogP contribution < -0.4 is 15.0 Å². The van der Waals surface area contributed by atoms with E-state index in [0.29, 0.717) is 39.2 Å². The molecule has 0 radical (unpaired) electrons. The number of aromatic nitrogens is 2. The highest BCUT2D eigenvalue weighted by molar-refractivity contribution is 6.35. The second-order valence-electron chi connectivity index (χ2n) is 11.1. The molecule has 1 heterocycles. The summed E-state index contributed by atoms with van der Waals surface area (Å²) in [4.78, 5) is 41.0. The number of carbonyl (C=O) groups excluding carboxylic acids is 2. The zero-order valence-corrected chi connectivity index (χ0v) is 28.8. The monoisotopic (exact) mass is 662 g/mol. The smallest absolute Gasteiger partial charge is 0.391 e. The largest absolute Gasteiger partial charge is 0.420 e. The third-order valence-electron chi connectivity index (χ3n) is 8.13. The molecule has 4 rings (SSSR count). The van der Waals surface area contributed by atoms with Gasteiger partial charge in [0.2, 0.25) is 11.8 Å². The first-order valence-corrected chi connectivity index (χ1v) is 15.9. The van der Waals surface area contributed by atoms with Gasteiger partial charge < -0.3 is 19.9 Å². The summed E-state index contributed by atoms with van der Waals surface area (Å²) in [5.74, 6) is 0.137. The van der Waals surface area contributed by atoms with E-state index in [1.54, 1.807) is 54.4 Å². The molecule has 4 aromatic rings. The van der Waals surface area contributed by atoms with Gasteiger partial charge in [0.15, 0.2) is 0 Å². The van der Waals surface area contributed by atoms with E-state index in [0.717, 1.165) is 41.9 Å². The Morgan fingerprint density at radius 1 is 0.870 bits per heavy atom. The van der Waals surface area contributed by atoms with Gasteiger partial charge in [0.05, 0.1) is 16.4 Å². The minimum absolute atomic E-state index is 0.0310. The maximum atomic E-state index is 13.3. The molecule has 2 amide bonds. The molecular formula is C35H40Cl2N6O3. The number of halogens is 2. The summed E-state index contributed by atoms with van der Waals surface area (Å²) in [5.41, 5.74) is 6.30. The summed E-state index contributed by atoms with van der Waals surface area (Å²) in [7, 11) is 3.34. The number of aryl methyl sites for hydroxylation is 1. The predicted octanol–water partition coefficient (Wildman–Crippen LogP) is 8.17. The van der Waals surface area contributed by atoms with Crippen molar-refractivity contribution in [2.75, 3.05) is 50.5 Å². The number of ether oxygens (including phenoxy) is 1. The van der Waals surface area contributed by atoms with Crippen LogP contribution in [0.2, 0.25) is 10.0 Å². The van der Waals surface area contributed by atoms with E-state index in [9.17, 15) is 9.59 Å². The molecule has 0 unspecified atom stereocenters. The van der Waals surface area contributed by atoms with Crippen molar-refractivity contribution in [2.24, 2.45) is 0 Å². The quantitative estimate of drug-likeness (QED) is 0.173. The number of anilines is 3. The Hall–Kier alpha value is -4.18. The third-order valence-corrected chi connectivity index (χ3v) is 8.69. The second-order valence-corrected chi connectivity index (χ2v) is 11.9. The molecule has 1 N–H and O–H groups in total. The number of nitrogens with one attached hydrogen (secondary N) is 1. The third kappa shape index (κ3) is 8.34. The van der Waals surface area contributed by atoms with Crippen LogP contribution in [0.1, 0.15) is 40.9 Å². The lowest BCUT2D eigenvalue weighted by molar-refractivity contribution is 0.0779. The molecular weight excluding hydrogens is 623 g/mol. The number of rotatable bonds is 11. The average molecular weight is 664 g/mol. The van der Waals surface area contributed by atoms with E-state index in [2.05, 4.69) is 42.9 Å². The molecule has 11 heteroatoms. The Morgan fingerprint density at radius 3 is 2.33 bits per heavy atom. The van der Waals surface area contributed by atoms with Crippen LogP contribution in [-0.4, -0.2) is 72.0 Å². The first kappa shape index (κ1) is 34.7. The fourth-order valence-electron chi connectivity index (χ4n) is 4.92. The summed E-state index contributed by atoms with van der Waals surface area (Å²) >= 11 is 12.5. The first-order chi connectivity index (χ1) is 21.9. The van der Waals surface area contributed by atoms with Crippen molar-refractivity contribution in [1.82, 2.24) is 19.8 Å². The molecule has 242 valence electrons. The number of benzene rings is 3. The fraction of sp³-hybridized carbons (Fsp3) is 0.314. The van der Waals surface area contributed by atoms with Crippen molar-refractivity contribution in [2.45, 2.75) is 34.6 Å². The van der Waals surface area contributed by atoms with Crippen LogP contribution in [0.4, 0.5) is 22.1 Å². The molecule has 46 heavy (non-hydrogen) atoms. The normalized spacial score (nSPS) is 11.0. The SMILES string of the molecule is CCN(CC)CCN(C)C(=O)c1cccc(Nc2nc(OC(=O)N(C)c3cc(Cl)ccc3Cl)cc(-c3ccc(C)c(C)c3C)n2)c1. The van der Waals surface area contributed by atoms with Gasteiger partial charge in [0.25, 0.3) is 5.91 Å². The van der Waals surface area contributed by atoms with Crippen LogP contribution in [0, 0.1) is 20.8 Å². The molecule has 1 aromatic heterocycles. The standard InChI is InChI=1S/C35H40Cl2N6O3/c1-8-43(9-2)18-17-41(6)33(44)25-11-10-12-27(19-25)38-34-39-30(28-15-13-22(3)23(4)24(28)5)21-32(40-34)46-35(45)42(7)31-20-26(36)14-16-29(31)37/h10-16,19-21H,8-9,17-18H2,1-7H3,(H,38,39,40). The van der Waals surface area contributed by atoms with Crippen LogP contribution in [0.15, 0.2) is 60.7 Å². The van der Waals surface area contributed by atoms with E-state index in [1.165, 1.54) is 11.9 Å². The van der Waals surface area contributed by atoms with Crippen LogP contribution in [0.3, 0.4) is 0 Å². The molecule has 0 atom stereocenters. The Bertz CT molecular complexity index is 1730. The Morgan fingerprint density at radius 2 is 1.61 bits per heavy atom. The summed E-state index contributed by atoms with van der Waals surface area (Å²) < 4.78 is 5.75. The minimum atomic E-state index is -0.711. The highest BCUT2D eigenvalue weighted by Gasteiger charge is 2.20. The van der Waals surface area contributed by atoms with Crippen LogP contribution in [0.5, 0.6) is 5.88 Å². The number of hydrogen-bond donors (Lipinski definition) is 1. The van der Waals surface area contributed by atoms with Crippen molar-refractivity contribution < 1.29 is 14.3 Å². The highest BCUT2D eigenvalue weighted by Crippen LogP contribution is 2.32. The molecule has 0 spiro atoms. The first-order valence-electron chi connectivity index (χ1n) is 15.1. The van der Waals surface area contributed by atoms with Gasteiger partial charge in [-0.05, 0) is 86.9 Å². The maximum absolute atomic E-state index is 13.3. The average Bonchev–Trinajstić information content (AvgIpc) is 3.04. The fourth-order valence-corrected chi connectivity index (χ4v) is 5.33. The zero-order valence-electron chi connectivity index (χ0n) is 27.3. The molecule has 3 aromatic carbocycles. The molecule has 0 aliphatic rings. The van der Waals surface area contributed by atoms with Crippen molar-refractivity contribution in [3.05, 3.63) is 93.0 Å². The van der Waals surface area contributed by atoms with Gasteiger partial charge in [0.1, 0.15) is 0 Å². The van der Waals surface area contributed by atoms with Gasteiger partial charge >= 0.3 is 6.09 Å². The molecule has 9 nitrogen and oxygen atoms in total. The number of nitrogens with zero attached hydrogens (tertiary/aromatic N) is 5. The zero-order chi connectivity index (χ0) is 33.5. The Labute approximate surface area is 281 Å². The summed E-state index contributed by atoms with van der Waals surface area (Å²) in [5, 5.41) is 3.98. The van der Waals surface area contributed by atoms with Crippen LogP contribution >= 0.6 is 23.2 Å². The van der Waals surface area contributed by atoms with E-state index >= 15 is 0 Å².